The van der Waals surface area contributed by atoms with Gasteiger partial charge in [-0.1, -0.05) is 6.92 Å². The Hall–Kier alpha value is -1.17. The van der Waals surface area contributed by atoms with Gasteiger partial charge in [0.05, 0.1) is 31.7 Å². The molecule has 0 atom stereocenters. The largest absolute Gasteiger partial charge is 0.492 e. The van der Waals surface area contributed by atoms with Gasteiger partial charge in [0.25, 0.3) is 0 Å². The fourth-order valence-corrected chi connectivity index (χ4v) is 1.45. The fraction of sp³-hybridized carbons (Fsp3) is 0.643. The van der Waals surface area contributed by atoms with E-state index in [2.05, 4.69) is 17.2 Å². The zero-order valence-corrected chi connectivity index (χ0v) is 11.9. The van der Waals surface area contributed by atoms with E-state index in [1.165, 1.54) is 0 Å². The zero-order chi connectivity index (χ0) is 13.8. The van der Waals surface area contributed by atoms with Crippen LogP contribution in [0.25, 0.3) is 0 Å². The molecule has 5 nitrogen and oxygen atoms in total. The first-order chi connectivity index (χ1) is 9.36. The van der Waals surface area contributed by atoms with Crippen LogP contribution in [0.1, 0.15) is 19.0 Å². The van der Waals surface area contributed by atoms with Gasteiger partial charge in [0.1, 0.15) is 5.75 Å². The second-order valence-corrected chi connectivity index (χ2v) is 4.07. The molecule has 0 aliphatic heterocycles. The smallest absolute Gasteiger partial charge is 0.137 e. The molecular formula is C14H24N2O3. The van der Waals surface area contributed by atoms with Crippen molar-refractivity contribution in [3.8, 4) is 5.75 Å². The van der Waals surface area contributed by atoms with Crippen LogP contribution in [-0.2, 0) is 16.0 Å². The van der Waals surface area contributed by atoms with Crippen molar-refractivity contribution in [3.63, 3.8) is 0 Å². The molecular weight excluding hydrogens is 244 g/mol. The second kappa shape index (κ2) is 10.7. The van der Waals surface area contributed by atoms with E-state index in [0.29, 0.717) is 26.4 Å². The van der Waals surface area contributed by atoms with Gasteiger partial charge in [-0.2, -0.15) is 0 Å². The van der Waals surface area contributed by atoms with Crippen molar-refractivity contribution in [3.05, 3.63) is 24.0 Å². The summed E-state index contributed by atoms with van der Waals surface area (Å²) in [5, 5.41) is 3.23. The molecule has 5 heteroatoms. The van der Waals surface area contributed by atoms with E-state index in [0.717, 1.165) is 31.0 Å². The summed E-state index contributed by atoms with van der Waals surface area (Å²) in [4.78, 5) is 4.32. The SMILES string of the molecule is CCNCc1ccc(OCCCOCCOC)cn1. The number of hydrogen-bond acceptors (Lipinski definition) is 5. The Balaban J connectivity index is 2.09. The highest BCUT2D eigenvalue weighted by molar-refractivity contribution is 5.19. The summed E-state index contributed by atoms with van der Waals surface area (Å²) in [6.45, 7) is 6.42. The van der Waals surface area contributed by atoms with Gasteiger partial charge >= 0.3 is 0 Å². The molecule has 1 rings (SSSR count). The molecule has 1 aromatic heterocycles. The lowest BCUT2D eigenvalue weighted by atomic mass is 10.3. The van der Waals surface area contributed by atoms with E-state index in [4.69, 9.17) is 14.2 Å². The maximum atomic E-state index is 5.58. The quantitative estimate of drug-likeness (QED) is 0.618. The normalized spacial score (nSPS) is 10.6. The van der Waals surface area contributed by atoms with Crippen LogP contribution in [0.5, 0.6) is 5.75 Å². The van der Waals surface area contributed by atoms with Crippen molar-refractivity contribution in [2.24, 2.45) is 0 Å². The molecule has 0 bridgehead atoms. The predicted molar refractivity (Wildman–Crippen MR) is 74.4 cm³/mol. The number of methoxy groups -OCH3 is 1. The van der Waals surface area contributed by atoms with Gasteiger partial charge < -0.3 is 19.5 Å². The molecule has 0 aliphatic rings. The number of aromatic nitrogens is 1. The lowest BCUT2D eigenvalue weighted by Crippen LogP contribution is -2.12. The minimum atomic E-state index is 0.636. The van der Waals surface area contributed by atoms with Crippen LogP contribution in [-0.4, -0.2) is 45.1 Å². The number of nitrogens with one attached hydrogen (secondary N) is 1. The highest BCUT2D eigenvalue weighted by Crippen LogP contribution is 2.09. The average Bonchev–Trinajstić information content (AvgIpc) is 2.45. The topological polar surface area (TPSA) is 52.6 Å². The van der Waals surface area contributed by atoms with Gasteiger partial charge in [0.15, 0.2) is 0 Å². The maximum absolute atomic E-state index is 5.58. The standard InChI is InChI=1S/C14H24N2O3/c1-3-15-11-13-5-6-14(12-16-13)19-8-4-7-18-10-9-17-2/h5-6,12,15H,3-4,7-11H2,1-2H3. The van der Waals surface area contributed by atoms with Gasteiger partial charge in [0, 0.05) is 26.7 Å². The van der Waals surface area contributed by atoms with Crippen LogP contribution in [0.15, 0.2) is 18.3 Å². The van der Waals surface area contributed by atoms with Crippen LogP contribution in [0, 0.1) is 0 Å². The average molecular weight is 268 g/mol. The van der Waals surface area contributed by atoms with Gasteiger partial charge in [0.2, 0.25) is 0 Å². The van der Waals surface area contributed by atoms with Gasteiger partial charge in [-0.15, -0.1) is 0 Å². The summed E-state index contributed by atoms with van der Waals surface area (Å²) in [7, 11) is 1.67. The molecule has 0 spiro atoms. The Morgan fingerprint density at radius 3 is 2.74 bits per heavy atom. The molecule has 0 saturated carbocycles. The maximum Gasteiger partial charge on any atom is 0.137 e. The summed E-state index contributed by atoms with van der Waals surface area (Å²) < 4.78 is 15.8. The van der Waals surface area contributed by atoms with Crippen LogP contribution in [0.3, 0.4) is 0 Å². The molecule has 0 saturated heterocycles. The third-order valence-electron chi connectivity index (χ3n) is 2.49. The van der Waals surface area contributed by atoms with Gasteiger partial charge in [-0.25, -0.2) is 0 Å². The molecule has 1 aromatic rings. The highest BCUT2D eigenvalue weighted by atomic mass is 16.5. The van der Waals surface area contributed by atoms with Crippen molar-refractivity contribution in [2.75, 3.05) is 40.1 Å². The molecule has 0 amide bonds. The number of hydrogen-bond donors (Lipinski definition) is 1. The fourth-order valence-electron chi connectivity index (χ4n) is 1.45. The summed E-state index contributed by atoms with van der Waals surface area (Å²) in [6.07, 6.45) is 2.63. The Morgan fingerprint density at radius 2 is 2.05 bits per heavy atom. The summed E-state index contributed by atoms with van der Waals surface area (Å²) in [5.74, 6) is 0.803. The predicted octanol–water partition coefficient (Wildman–Crippen LogP) is 1.62. The summed E-state index contributed by atoms with van der Waals surface area (Å²) in [5.41, 5.74) is 1.03. The molecule has 0 aromatic carbocycles. The van der Waals surface area contributed by atoms with E-state index in [-0.39, 0.29) is 0 Å². The summed E-state index contributed by atoms with van der Waals surface area (Å²) >= 11 is 0. The molecule has 108 valence electrons. The first kappa shape index (κ1) is 15.9. The van der Waals surface area contributed by atoms with E-state index in [1.54, 1.807) is 13.3 Å². The first-order valence-corrected chi connectivity index (χ1v) is 6.72. The Labute approximate surface area is 115 Å². The Kier molecular flexibility index (Phi) is 8.97. The third kappa shape index (κ3) is 7.77. The molecule has 0 unspecified atom stereocenters. The van der Waals surface area contributed by atoms with E-state index in [9.17, 15) is 0 Å². The van der Waals surface area contributed by atoms with Crippen LogP contribution >= 0.6 is 0 Å². The van der Waals surface area contributed by atoms with E-state index >= 15 is 0 Å². The number of ether oxygens (including phenoxy) is 3. The molecule has 1 N–H and O–H groups in total. The second-order valence-electron chi connectivity index (χ2n) is 4.07. The summed E-state index contributed by atoms with van der Waals surface area (Å²) in [6, 6.07) is 3.93. The molecule has 0 radical (unpaired) electrons. The van der Waals surface area contributed by atoms with Crippen LogP contribution < -0.4 is 10.1 Å². The van der Waals surface area contributed by atoms with Crippen molar-refractivity contribution >= 4 is 0 Å². The minimum Gasteiger partial charge on any atom is -0.492 e. The van der Waals surface area contributed by atoms with Crippen molar-refractivity contribution < 1.29 is 14.2 Å². The molecule has 19 heavy (non-hydrogen) atoms. The van der Waals surface area contributed by atoms with E-state index < -0.39 is 0 Å². The number of rotatable bonds is 11. The highest BCUT2D eigenvalue weighted by Gasteiger charge is 1.97. The number of nitrogens with zero attached hydrogens (tertiary/aromatic N) is 1. The first-order valence-electron chi connectivity index (χ1n) is 6.72. The van der Waals surface area contributed by atoms with Crippen molar-refractivity contribution in [1.82, 2.24) is 10.3 Å². The van der Waals surface area contributed by atoms with Gasteiger partial charge in [-0.05, 0) is 18.7 Å². The lowest BCUT2D eigenvalue weighted by molar-refractivity contribution is 0.0644. The zero-order valence-electron chi connectivity index (χ0n) is 11.9. The van der Waals surface area contributed by atoms with Crippen molar-refractivity contribution in [2.45, 2.75) is 19.9 Å². The van der Waals surface area contributed by atoms with Crippen LogP contribution in [0.4, 0.5) is 0 Å². The van der Waals surface area contributed by atoms with Crippen LogP contribution in [0.2, 0.25) is 0 Å². The molecule has 0 aliphatic carbocycles. The lowest BCUT2D eigenvalue weighted by Gasteiger charge is -2.07. The molecule has 0 fully saturated rings. The Morgan fingerprint density at radius 1 is 1.16 bits per heavy atom. The van der Waals surface area contributed by atoms with Crippen molar-refractivity contribution in [1.29, 1.82) is 0 Å². The Bertz CT molecular complexity index is 317. The molecule has 1 heterocycles. The van der Waals surface area contributed by atoms with E-state index in [1.807, 2.05) is 12.1 Å². The third-order valence-corrected chi connectivity index (χ3v) is 2.49. The minimum absolute atomic E-state index is 0.636. The monoisotopic (exact) mass is 268 g/mol. The van der Waals surface area contributed by atoms with Gasteiger partial charge in [-0.3, -0.25) is 4.98 Å². The number of pyridine rings is 1.